The number of nitrogens with two attached hydrogens (primary N) is 2. The number of carboxylic acids is 1. The Morgan fingerprint density at radius 1 is 1.42 bits per heavy atom. The van der Waals surface area contributed by atoms with Crippen LogP contribution in [0.1, 0.15) is 19.3 Å². The number of carbonyl (C=O) groups is 1. The summed E-state index contributed by atoms with van der Waals surface area (Å²) in [4.78, 5) is 10.6. The third-order valence-electron chi connectivity index (χ3n) is 3.29. The molecule has 1 atom stereocenters. The van der Waals surface area contributed by atoms with Gasteiger partial charge in [-0.3, -0.25) is 4.79 Å². The maximum absolute atomic E-state index is 11.5. The molecule has 9 heteroatoms. The number of carboxylic acid groups (broad SMARTS) is 1. The zero-order valence-electron chi connectivity index (χ0n) is 10.8. The van der Waals surface area contributed by atoms with Gasteiger partial charge in [0.2, 0.25) is 0 Å². The van der Waals surface area contributed by atoms with Gasteiger partial charge >= 0.3 is 5.97 Å². The molecule has 1 aliphatic heterocycles. The van der Waals surface area contributed by atoms with Crippen molar-refractivity contribution in [2.24, 2.45) is 16.8 Å². The molecule has 0 spiro atoms. The number of nitrogens with one attached hydrogen (secondary N) is 1. The van der Waals surface area contributed by atoms with E-state index < -0.39 is 22.2 Å². The fourth-order valence-corrected chi connectivity index (χ4v) is 2.86. The van der Waals surface area contributed by atoms with Crippen LogP contribution in [-0.2, 0) is 15.0 Å². The van der Waals surface area contributed by atoms with Gasteiger partial charge in [0.15, 0.2) is 0 Å². The quantitative estimate of drug-likeness (QED) is 0.441. The molecule has 1 heterocycles. The minimum Gasteiger partial charge on any atom is -0.480 e. The van der Waals surface area contributed by atoms with Gasteiger partial charge < -0.3 is 16.2 Å². The maximum atomic E-state index is 11.5. The van der Waals surface area contributed by atoms with Gasteiger partial charge in [0.1, 0.15) is 6.04 Å². The highest BCUT2D eigenvalue weighted by molar-refractivity contribution is 7.86. The molecule has 0 unspecified atom stereocenters. The van der Waals surface area contributed by atoms with Crippen molar-refractivity contribution in [1.82, 2.24) is 9.62 Å². The van der Waals surface area contributed by atoms with Crippen LogP contribution in [0.4, 0.5) is 0 Å². The second-order valence-corrected chi connectivity index (χ2v) is 6.38. The first-order chi connectivity index (χ1) is 8.80. The van der Waals surface area contributed by atoms with Gasteiger partial charge in [0, 0.05) is 13.1 Å². The molecule has 1 fully saturated rings. The number of nitrogens with zero attached hydrogens (tertiary/aromatic N) is 1. The van der Waals surface area contributed by atoms with E-state index in [0.29, 0.717) is 6.54 Å². The number of hydrogen-bond acceptors (Lipinski definition) is 5. The molecule has 0 aromatic rings. The zero-order valence-corrected chi connectivity index (χ0v) is 11.6. The average Bonchev–Trinajstić information content (AvgIpc) is 2.33. The molecule has 19 heavy (non-hydrogen) atoms. The van der Waals surface area contributed by atoms with Gasteiger partial charge in [-0.05, 0) is 38.3 Å². The maximum Gasteiger partial charge on any atom is 0.320 e. The standard InChI is InChI=1S/C10H22N4O4S/c11-9(10(15)16)3-6-14(19(12,17)18)7-8-1-4-13-5-2-8/h8-9,13H,1-7,11H2,(H,15,16)(H2,12,17,18)/t9-/m0/s1. The normalized spacial score (nSPS) is 19.5. The van der Waals surface area contributed by atoms with Crippen molar-refractivity contribution in [3.8, 4) is 0 Å². The van der Waals surface area contributed by atoms with Gasteiger partial charge in [-0.1, -0.05) is 0 Å². The Kier molecular flexibility index (Phi) is 6.14. The lowest BCUT2D eigenvalue weighted by atomic mass is 9.98. The van der Waals surface area contributed by atoms with Crippen molar-refractivity contribution in [1.29, 1.82) is 0 Å². The predicted octanol–water partition coefficient (Wildman–Crippen LogP) is -1.71. The first-order valence-corrected chi connectivity index (χ1v) is 7.78. The minimum atomic E-state index is -3.82. The molecular formula is C10H22N4O4S. The Balaban J connectivity index is 2.54. The van der Waals surface area contributed by atoms with E-state index in [2.05, 4.69) is 5.32 Å². The largest absolute Gasteiger partial charge is 0.480 e. The van der Waals surface area contributed by atoms with Crippen molar-refractivity contribution in [2.75, 3.05) is 26.2 Å². The fraction of sp³-hybridized carbons (Fsp3) is 0.900. The Labute approximate surface area is 113 Å². The Morgan fingerprint density at radius 3 is 2.47 bits per heavy atom. The van der Waals surface area contributed by atoms with E-state index in [9.17, 15) is 13.2 Å². The van der Waals surface area contributed by atoms with Crippen LogP contribution < -0.4 is 16.2 Å². The lowest BCUT2D eigenvalue weighted by molar-refractivity contribution is -0.138. The number of hydrogen-bond donors (Lipinski definition) is 4. The van der Waals surface area contributed by atoms with Crippen LogP contribution in [0.5, 0.6) is 0 Å². The smallest absolute Gasteiger partial charge is 0.320 e. The second kappa shape index (κ2) is 7.15. The van der Waals surface area contributed by atoms with Crippen molar-refractivity contribution in [3.63, 3.8) is 0 Å². The monoisotopic (exact) mass is 294 g/mol. The molecular weight excluding hydrogens is 272 g/mol. The molecule has 1 saturated heterocycles. The van der Waals surface area contributed by atoms with E-state index in [-0.39, 0.29) is 18.9 Å². The summed E-state index contributed by atoms with van der Waals surface area (Å²) in [6, 6.07) is -1.07. The highest BCUT2D eigenvalue weighted by Crippen LogP contribution is 2.15. The first-order valence-electron chi connectivity index (χ1n) is 6.27. The highest BCUT2D eigenvalue weighted by Gasteiger charge is 2.24. The minimum absolute atomic E-state index is 0.0379. The average molecular weight is 294 g/mol. The van der Waals surface area contributed by atoms with E-state index in [4.69, 9.17) is 16.0 Å². The molecule has 0 bridgehead atoms. The van der Waals surface area contributed by atoms with Crippen LogP contribution in [0.3, 0.4) is 0 Å². The van der Waals surface area contributed by atoms with Gasteiger partial charge in [-0.2, -0.15) is 12.7 Å². The molecule has 0 amide bonds. The second-order valence-electron chi connectivity index (χ2n) is 4.83. The van der Waals surface area contributed by atoms with Gasteiger partial charge in [-0.15, -0.1) is 0 Å². The molecule has 1 aliphatic rings. The van der Waals surface area contributed by atoms with E-state index in [1.165, 1.54) is 0 Å². The number of aliphatic carboxylic acids is 1. The van der Waals surface area contributed by atoms with E-state index >= 15 is 0 Å². The summed E-state index contributed by atoms with van der Waals surface area (Å²) in [5.74, 6) is -0.892. The van der Waals surface area contributed by atoms with Crippen LogP contribution in [0.2, 0.25) is 0 Å². The molecule has 0 radical (unpaired) electrons. The van der Waals surface area contributed by atoms with Crippen LogP contribution in [0.25, 0.3) is 0 Å². The predicted molar refractivity (Wildman–Crippen MR) is 70.5 cm³/mol. The molecule has 112 valence electrons. The van der Waals surface area contributed by atoms with Gasteiger partial charge in [0.05, 0.1) is 0 Å². The van der Waals surface area contributed by atoms with Crippen molar-refractivity contribution < 1.29 is 18.3 Å². The van der Waals surface area contributed by atoms with Crippen LogP contribution in [0.15, 0.2) is 0 Å². The molecule has 8 nitrogen and oxygen atoms in total. The van der Waals surface area contributed by atoms with E-state index in [1.54, 1.807) is 0 Å². The van der Waals surface area contributed by atoms with E-state index in [1.807, 2.05) is 0 Å². The van der Waals surface area contributed by atoms with Crippen molar-refractivity contribution in [3.05, 3.63) is 0 Å². The summed E-state index contributed by atoms with van der Waals surface area (Å²) < 4.78 is 24.1. The topological polar surface area (TPSA) is 139 Å². The molecule has 0 aromatic carbocycles. The Bertz CT molecular complexity index is 394. The fourth-order valence-electron chi connectivity index (χ4n) is 2.08. The number of piperidine rings is 1. The SMILES string of the molecule is N[C@@H](CCN(CC1CCNCC1)S(N)(=O)=O)C(=O)O. The summed E-state index contributed by atoms with van der Waals surface area (Å²) in [5, 5.41) is 17.0. The van der Waals surface area contributed by atoms with Gasteiger partial charge in [-0.25, -0.2) is 5.14 Å². The van der Waals surface area contributed by atoms with Crippen molar-refractivity contribution in [2.45, 2.75) is 25.3 Å². The Hall–Kier alpha value is -0.740. The molecule has 6 N–H and O–H groups in total. The zero-order chi connectivity index (χ0) is 14.5. The van der Waals surface area contributed by atoms with E-state index in [0.717, 1.165) is 30.2 Å². The van der Waals surface area contributed by atoms with Crippen molar-refractivity contribution >= 4 is 16.2 Å². The number of rotatable bonds is 7. The van der Waals surface area contributed by atoms with Crippen LogP contribution in [0, 0.1) is 5.92 Å². The summed E-state index contributed by atoms with van der Waals surface area (Å²) in [6.07, 6.45) is 1.82. The summed E-state index contributed by atoms with van der Waals surface area (Å²) >= 11 is 0. The van der Waals surface area contributed by atoms with Crippen LogP contribution in [-0.4, -0.2) is 56.0 Å². The summed E-state index contributed by atoms with van der Waals surface area (Å²) in [5.41, 5.74) is 5.37. The first kappa shape index (κ1) is 16.3. The molecule has 0 aromatic heterocycles. The molecule has 0 aliphatic carbocycles. The molecule has 1 rings (SSSR count). The highest BCUT2D eigenvalue weighted by atomic mass is 32.2. The summed E-state index contributed by atoms with van der Waals surface area (Å²) in [7, 11) is -3.82. The lowest BCUT2D eigenvalue weighted by Crippen LogP contribution is -2.44. The molecule has 0 saturated carbocycles. The Morgan fingerprint density at radius 2 is 2.00 bits per heavy atom. The third-order valence-corrected chi connectivity index (χ3v) is 4.34. The lowest BCUT2D eigenvalue weighted by Gasteiger charge is -2.28. The van der Waals surface area contributed by atoms with Gasteiger partial charge in [0.25, 0.3) is 10.2 Å². The van der Waals surface area contributed by atoms with Crippen LogP contribution >= 0.6 is 0 Å². The summed E-state index contributed by atoms with van der Waals surface area (Å²) in [6.45, 7) is 2.08. The third kappa shape index (κ3) is 5.83.